The molecule has 0 bridgehead atoms. The standard InChI is InChI=1S/C25H30NPS2Se/c1-20(2)26(21(3)4)19-22-13-11-12-18-25(22)30-29-27(28,23-14-7-5-8-15-23)24-16-9-6-10-17-24/h5-18,20-21H,19H2,1-4H3. The van der Waals surface area contributed by atoms with Gasteiger partial charge in [0.15, 0.2) is 0 Å². The van der Waals surface area contributed by atoms with Gasteiger partial charge in [-0.15, -0.1) is 0 Å². The average molecular weight is 519 g/mol. The van der Waals surface area contributed by atoms with Crippen LogP contribution in [0.1, 0.15) is 33.3 Å². The molecule has 3 aromatic carbocycles. The zero-order chi connectivity index (χ0) is 21.6. The molecule has 0 saturated heterocycles. The Morgan fingerprint density at radius 2 is 1.23 bits per heavy atom. The third-order valence-corrected chi connectivity index (χ3v) is 21.1. The van der Waals surface area contributed by atoms with Crippen molar-refractivity contribution in [2.24, 2.45) is 0 Å². The molecule has 0 N–H and O–H groups in total. The first-order chi connectivity index (χ1) is 14.4. The first-order valence-corrected chi connectivity index (χ1v) is 17.4. The Bertz CT molecular complexity index is 925. The molecule has 3 aromatic rings. The van der Waals surface area contributed by atoms with Crippen molar-refractivity contribution in [3.63, 3.8) is 0 Å². The summed E-state index contributed by atoms with van der Waals surface area (Å²) in [4.78, 5) is 2.56. The zero-order valence-corrected chi connectivity index (χ0v) is 22.3. The fourth-order valence-corrected chi connectivity index (χ4v) is 17.6. The van der Waals surface area contributed by atoms with Gasteiger partial charge in [-0.25, -0.2) is 0 Å². The molecule has 158 valence electrons. The van der Waals surface area contributed by atoms with Crippen LogP contribution in [0.2, 0.25) is 0 Å². The summed E-state index contributed by atoms with van der Waals surface area (Å²) >= 11 is 6.67. The monoisotopic (exact) mass is 519 g/mol. The van der Waals surface area contributed by atoms with Gasteiger partial charge in [0.25, 0.3) is 0 Å². The second-order valence-corrected chi connectivity index (χ2v) is 19.5. The van der Waals surface area contributed by atoms with E-state index >= 15 is 0 Å². The van der Waals surface area contributed by atoms with E-state index in [4.69, 9.17) is 11.8 Å². The number of rotatable bonds is 9. The van der Waals surface area contributed by atoms with Gasteiger partial charge in [0.2, 0.25) is 0 Å². The molecule has 0 atom stereocenters. The quantitative estimate of drug-likeness (QED) is 0.279. The molecule has 0 aliphatic carbocycles. The number of hydrogen-bond donors (Lipinski definition) is 0. The van der Waals surface area contributed by atoms with Crippen LogP contribution in [-0.2, 0) is 18.4 Å². The van der Waals surface area contributed by atoms with E-state index in [0.717, 1.165) is 6.54 Å². The first-order valence-electron chi connectivity index (χ1n) is 10.3. The predicted octanol–water partition coefficient (Wildman–Crippen LogP) is 5.33. The second-order valence-electron chi connectivity index (χ2n) is 7.85. The fourth-order valence-electron chi connectivity index (χ4n) is 3.45. The van der Waals surface area contributed by atoms with Crippen molar-refractivity contribution in [3.8, 4) is 0 Å². The van der Waals surface area contributed by atoms with Gasteiger partial charge < -0.3 is 0 Å². The maximum atomic E-state index is 6.43. The molecule has 0 spiro atoms. The second kappa shape index (κ2) is 11.1. The SMILES string of the molecule is CC(C)N(Cc1ccccc1[Se]SP(=S)(c1ccccc1)c1ccccc1)C(C)C. The summed E-state index contributed by atoms with van der Waals surface area (Å²) in [5.41, 5.74) is 1.44. The van der Waals surface area contributed by atoms with E-state index in [2.05, 4.69) is 118 Å². The molecule has 0 aromatic heterocycles. The van der Waals surface area contributed by atoms with Crippen molar-refractivity contribution < 1.29 is 0 Å². The summed E-state index contributed by atoms with van der Waals surface area (Å²) in [6, 6.07) is 31.4. The van der Waals surface area contributed by atoms with Crippen LogP contribution in [0, 0.1) is 0 Å². The topological polar surface area (TPSA) is 3.24 Å². The molecule has 0 amide bonds. The molecule has 0 aliphatic heterocycles. The third kappa shape index (κ3) is 5.88. The van der Waals surface area contributed by atoms with Crippen molar-refractivity contribution in [1.82, 2.24) is 4.90 Å². The van der Waals surface area contributed by atoms with Crippen LogP contribution in [-0.4, -0.2) is 30.8 Å². The Labute approximate surface area is 196 Å². The Morgan fingerprint density at radius 3 is 1.73 bits per heavy atom. The normalized spacial score (nSPS) is 12.1. The number of benzene rings is 3. The summed E-state index contributed by atoms with van der Waals surface area (Å²) < 4.78 is 1.46. The van der Waals surface area contributed by atoms with E-state index < -0.39 is 5.24 Å². The molecule has 1 nitrogen and oxygen atoms in total. The summed E-state index contributed by atoms with van der Waals surface area (Å²) in [6.45, 7) is 10.1. The summed E-state index contributed by atoms with van der Waals surface area (Å²) in [6.07, 6.45) is 0. The van der Waals surface area contributed by atoms with Crippen molar-refractivity contribution in [2.75, 3.05) is 0 Å². The summed E-state index contributed by atoms with van der Waals surface area (Å²) in [5.74, 6) is 0. The van der Waals surface area contributed by atoms with E-state index in [1.54, 1.807) is 0 Å². The van der Waals surface area contributed by atoms with Crippen molar-refractivity contribution in [2.45, 2.75) is 46.3 Å². The van der Waals surface area contributed by atoms with E-state index in [1.165, 1.54) is 20.6 Å². The van der Waals surface area contributed by atoms with Crippen molar-refractivity contribution in [1.29, 1.82) is 0 Å². The summed E-state index contributed by atoms with van der Waals surface area (Å²) in [5, 5.41) is 0.669. The van der Waals surface area contributed by atoms with Crippen LogP contribution in [0.4, 0.5) is 0 Å². The van der Waals surface area contributed by atoms with Crippen molar-refractivity contribution in [3.05, 3.63) is 90.5 Å². The van der Waals surface area contributed by atoms with Gasteiger partial charge >= 0.3 is 197 Å². The molecule has 5 heteroatoms. The molecular weight excluding hydrogens is 488 g/mol. The van der Waals surface area contributed by atoms with Gasteiger partial charge in [-0.2, -0.15) is 0 Å². The van der Waals surface area contributed by atoms with Crippen LogP contribution < -0.4 is 15.1 Å². The van der Waals surface area contributed by atoms with Gasteiger partial charge in [0.05, 0.1) is 0 Å². The Hall–Kier alpha value is -0.861. The van der Waals surface area contributed by atoms with Gasteiger partial charge in [-0.3, -0.25) is 0 Å². The predicted molar refractivity (Wildman–Crippen MR) is 142 cm³/mol. The molecular formula is C25H30NPS2Se. The van der Waals surface area contributed by atoms with Crippen LogP contribution in [0.5, 0.6) is 0 Å². The Kier molecular flexibility index (Phi) is 8.83. The van der Waals surface area contributed by atoms with Gasteiger partial charge in [0.1, 0.15) is 0 Å². The Balaban J connectivity index is 1.90. The molecule has 0 saturated carbocycles. The molecule has 0 heterocycles. The average Bonchev–Trinajstić information content (AvgIpc) is 2.77. The van der Waals surface area contributed by atoms with Crippen LogP contribution in [0.25, 0.3) is 0 Å². The van der Waals surface area contributed by atoms with E-state index in [-0.39, 0.29) is 13.8 Å². The van der Waals surface area contributed by atoms with E-state index in [0.29, 0.717) is 12.1 Å². The molecule has 0 fully saturated rings. The van der Waals surface area contributed by atoms with Gasteiger partial charge in [-0.05, 0) is 0 Å². The molecule has 3 rings (SSSR count). The minimum atomic E-state index is -1.92. The maximum absolute atomic E-state index is 6.43. The summed E-state index contributed by atoms with van der Waals surface area (Å²) in [7, 11) is 2.01. The fraction of sp³-hybridized carbons (Fsp3) is 0.280. The number of hydrogen-bond acceptors (Lipinski definition) is 3. The Morgan fingerprint density at radius 1 is 0.767 bits per heavy atom. The molecule has 0 aliphatic rings. The van der Waals surface area contributed by atoms with Crippen LogP contribution >= 0.6 is 15.0 Å². The van der Waals surface area contributed by atoms with Gasteiger partial charge in [0, 0.05) is 0 Å². The van der Waals surface area contributed by atoms with Crippen molar-refractivity contribution >= 4 is 55.8 Å². The van der Waals surface area contributed by atoms with Crippen LogP contribution in [0.15, 0.2) is 84.9 Å². The molecule has 0 radical (unpaired) electrons. The van der Waals surface area contributed by atoms with Gasteiger partial charge in [-0.1, -0.05) is 0 Å². The first kappa shape index (κ1) is 23.8. The number of nitrogens with zero attached hydrogens (tertiary/aromatic N) is 1. The molecule has 0 unspecified atom stereocenters. The van der Waals surface area contributed by atoms with E-state index in [1.807, 2.05) is 9.80 Å². The minimum absolute atomic E-state index is 0.247. The van der Waals surface area contributed by atoms with Crippen LogP contribution in [0.3, 0.4) is 0 Å². The van der Waals surface area contributed by atoms with E-state index in [9.17, 15) is 0 Å². The zero-order valence-electron chi connectivity index (χ0n) is 18.1. The third-order valence-electron chi connectivity index (χ3n) is 5.08. The molecule has 30 heavy (non-hydrogen) atoms.